The molecule has 88 valence electrons. The zero-order valence-electron chi connectivity index (χ0n) is 10.8. The fourth-order valence-electron chi connectivity index (χ4n) is 1.64. The first kappa shape index (κ1) is 14.9. The normalized spacial score (nSPS) is 24.9. The molecule has 0 aliphatic heterocycles. The van der Waals surface area contributed by atoms with Crippen molar-refractivity contribution in [2.45, 2.75) is 59.5 Å². The standard InChI is InChI=1S/C9H15OP.C4H10/c1-7-4-8(2)6-9(3,5-7)10-11;1-3-4-2/h4-5H,6,11H2,1-3H3;3-4H2,1-2H3. The van der Waals surface area contributed by atoms with Gasteiger partial charge in [0.1, 0.15) is 0 Å². The minimum absolute atomic E-state index is 0.104. The SMILES string of the molecule is CC1=CC(C)(OP)CC(C)=C1.CCCC. The molecule has 0 spiro atoms. The summed E-state index contributed by atoms with van der Waals surface area (Å²) < 4.78 is 5.32. The molecule has 1 aliphatic carbocycles. The number of hydrogen-bond acceptors (Lipinski definition) is 1. The van der Waals surface area contributed by atoms with Crippen LogP contribution in [-0.4, -0.2) is 5.60 Å². The molecule has 2 heteroatoms. The van der Waals surface area contributed by atoms with Crippen LogP contribution in [0.1, 0.15) is 53.9 Å². The lowest BCUT2D eigenvalue weighted by Crippen LogP contribution is -2.24. The van der Waals surface area contributed by atoms with Crippen molar-refractivity contribution in [3.05, 3.63) is 23.3 Å². The van der Waals surface area contributed by atoms with Crippen molar-refractivity contribution < 1.29 is 4.52 Å². The van der Waals surface area contributed by atoms with Gasteiger partial charge in [0, 0.05) is 15.9 Å². The number of unbranched alkanes of at least 4 members (excludes halogenated alkanes) is 1. The molecular weight excluding hydrogens is 203 g/mol. The van der Waals surface area contributed by atoms with Crippen molar-refractivity contribution in [2.24, 2.45) is 0 Å². The molecule has 0 aromatic carbocycles. The Balaban J connectivity index is 0.000000423. The molecule has 2 atom stereocenters. The first-order chi connectivity index (χ1) is 6.97. The Morgan fingerprint density at radius 3 is 2.20 bits per heavy atom. The van der Waals surface area contributed by atoms with Crippen molar-refractivity contribution in [2.75, 3.05) is 0 Å². The monoisotopic (exact) mass is 228 g/mol. The van der Waals surface area contributed by atoms with E-state index in [4.69, 9.17) is 4.52 Å². The van der Waals surface area contributed by atoms with Crippen LogP contribution < -0.4 is 0 Å². The van der Waals surface area contributed by atoms with E-state index in [0.29, 0.717) is 0 Å². The zero-order chi connectivity index (χ0) is 11.9. The Kier molecular flexibility index (Phi) is 7.13. The minimum Gasteiger partial charge on any atom is -0.355 e. The van der Waals surface area contributed by atoms with Crippen molar-refractivity contribution in [3.8, 4) is 0 Å². The first-order valence-corrected chi connectivity index (χ1v) is 6.19. The van der Waals surface area contributed by atoms with Gasteiger partial charge in [-0.1, -0.05) is 43.9 Å². The fraction of sp³-hybridized carbons (Fsp3) is 0.692. The van der Waals surface area contributed by atoms with E-state index >= 15 is 0 Å². The van der Waals surface area contributed by atoms with Gasteiger partial charge in [-0.15, -0.1) is 0 Å². The smallest absolute Gasteiger partial charge is 0.0912 e. The van der Waals surface area contributed by atoms with E-state index in [-0.39, 0.29) is 5.60 Å². The molecule has 0 bridgehead atoms. The lowest BCUT2D eigenvalue weighted by atomic mass is 9.89. The van der Waals surface area contributed by atoms with Gasteiger partial charge in [0.05, 0.1) is 5.60 Å². The van der Waals surface area contributed by atoms with Crippen LogP contribution in [-0.2, 0) is 4.52 Å². The Bertz CT molecular complexity index is 241. The van der Waals surface area contributed by atoms with E-state index in [2.05, 4.69) is 56.2 Å². The molecule has 0 amide bonds. The van der Waals surface area contributed by atoms with Crippen LogP contribution in [0.2, 0.25) is 0 Å². The van der Waals surface area contributed by atoms with Crippen molar-refractivity contribution >= 4 is 9.47 Å². The predicted molar refractivity (Wildman–Crippen MR) is 71.9 cm³/mol. The lowest BCUT2D eigenvalue weighted by molar-refractivity contribution is 0.170. The van der Waals surface area contributed by atoms with Crippen LogP contribution in [0.4, 0.5) is 0 Å². The minimum atomic E-state index is -0.104. The van der Waals surface area contributed by atoms with Crippen LogP contribution in [0.15, 0.2) is 23.3 Å². The third kappa shape index (κ3) is 6.12. The number of allylic oxidation sites excluding steroid dienone is 2. The molecular formula is C13H25OP. The Labute approximate surface area is 97.3 Å². The van der Waals surface area contributed by atoms with Gasteiger partial charge in [-0.2, -0.15) is 0 Å². The van der Waals surface area contributed by atoms with Gasteiger partial charge in [0.2, 0.25) is 0 Å². The summed E-state index contributed by atoms with van der Waals surface area (Å²) in [4.78, 5) is 0. The molecule has 1 nitrogen and oxygen atoms in total. The van der Waals surface area contributed by atoms with E-state index in [0.717, 1.165) is 6.42 Å². The number of hydrogen-bond donors (Lipinski definition) is 0. The van der Waals surface area contributed by atoms with Crippen LogP contribution >= 0.6 is 9.47 Å². The molecule has 15 heavy (non-hydrogen) atoms. The largest absolute Gasteiger partial charge is 0.355 e. The second-order valence-corrected chi connectivity index (χ2v) is 4.72. The molecule has 0 fully saturated rings. The second kappa shape index (κ2) is 7.19. The highest BCUT2D eigenvalue weighted by molar-refractivity contribution is 7.09. The summed E-state index contributed by atoms with van der Waals surface area (Å²) in [6.07, 6.45) is 7.99. The van der Waals surface area contributed by atoms with Gasteiger partial charge in [-0.25, -0.2) is 0 Å². The van der Waals surface area contributed by atoms with E-state index < -0.39 is 0 Å². The Morgan fingerprint density at radius 1 is 1.33 bits per heavy atom. The summed E-state index contributed by atoms with van der Waals surface area (Å²) in [6.45, 7) is 10.7. The molecule has 0 saturated heterocycles. The summed E-state index contributed by atoms with van der Waals surface area (Å²) in [5.41, 5.74) is 2.57. The average molecular weight is 228 g/mol. The average Bonchev–Trinajstić information content (AvgIpc) is 2.16. The van der Waals surface area contributed by atoms with E-state index in [1.165, 1.54) is 24.0 Å². The van der Waals surface area contributed by atoms with Gasteiger partial charge < -0.3 is 4.52 Å². The highest BCUT2D eigenvalue weighted by Crippen LogP contribution is 2.30. The first-order valence-electron chi connectivity index (χ1n) is 5.72. The summed E-state index contributed by atoms with van der Waals surface area (Å²) in [5.74, 6) is 0. The predicted octanol–water partition coefficient (Wildman–Crippen LogP) is 4.65. The summed E-state index contributed by atoms with van der Waals surface area (Å²) >= 11 is 0. The van der Waals surface area contributed by atoms with Gasteiger partial charge >= 0.3 is 0 Å². The molecule has 0 N–H and O–H groups in total. The van der Waals surface area contributed by atoms with Gasteiger partial charge in [-0.05, 0) is 26.8 Å². The maximum absolute atomic E-state index is 5.32. The quantitative estimate of drug-likeness (QED) is 0.625. The molecule has 1 aliphatic rings. The van der Waals surface area contributed by atoms with Crippen LogP contribution in [0.5, 0.6) is 0 Å². The Hall–Kier alpha value is -0.130. The lowest BCUT2D eigenvalue weighted by Gasteiger charge is -2.28. The fourth-order valence-corrected chi connectivity index (χ4v) is 1.79. The summed E-state index contributed by atoms with van der Waals surface area (Å²) in [5, 5.41) is 0. The second-order valence-electron chi connectivity index (χ2n) is 4.49. The molecule has 0 radical (unpaired) electrons. The topological polar surface area (TPSA) is 9.23 Å². The van der Waals surface area contributed by atoms with Crippen molar-refractivity contribution in [1.82, 2.24) is 0 Å². The molecule has 0 aromatic heterocycles. The number of rotatable bonds is 2. The van der Waals surface area contributed by atoms with Gasteiger partial charge in [0.15, 0.2) is 0 Å². The third-order valence-electron chi connectivity index (χ3n) is 2.41. The molecule has 1 rings (SSSR count). The zero-order valence-corrected chi connectivity index (χ0v) is 11.9. The summed E-state index contributed by atoms with van der Waals surface area (Å²) in [7, 11) is 2.34. The molecule has 2 unspecified atom stereocenters. The van der Waals surface area contributed by atoms with E-state index in [1.807, 2.05) is 0 Å². The maximum atomic E-state index is 5.32. The van der Waals surface area contributed by atoms with Crippen LogP contribution in [0.3, 0.4) is 0 Å². The van der Waals surface area contributed by atoms with Gasteiger partial charge in [-0.3, -0.25) is 0 Å². The molecule has 0 heterocycles. The van der Waals surface area contributed by atoms with Crippen LogP contribution in [0.25, 0.3) is 0 Å². The third-order valence-corrected chi connectivity index (χ3v) is 2.94. The van der Waals surface area contributed by atoms with Gasteiger partial charge in [0.25, 0.3) is 0 Å². The molecule has 0 aromatic rings. The van der Waals surface area contributed by atoms with Crippen LogP contribution in [0, 0.1) is 0 Å². The van der Waals surface area contributed by atoms with Crippen molar-refractivity contribution in [1.29, 1.82) is 0 Å². The van der Waals surface area contributed by atoms with E-state index in [9.17, 15) is 0 Å². The highest BCUT2D eigenvalue weighted by Gasteiger charge is 2.23. The maximum Gasteiger partial charge on any atom is 0.0912 e. The van der Waals surface area contributed by atoms with E-state index in [1.54, 1.807) is 0 Å². The highest BCUT2D eigenvalue weighted by atomic mass is 31.0. The summed E-state index contributed by atoms with van der Waals surface area (Å²) in [6, 6.07) is 0. The Morgan fingerprint density at radius 2 is 1.87 bits per heavy atom. The molecule has 0 saturated carbocycles. The van der Waals surface area contributed by atoms with Crippen molar-refractivity contribution in [3.63, 3.8) is 0 Å².